The molecule has 0 rings (SSSR count). The third-order valence-corrected chi connectivity index (χ3v) is 4.48. The van der Waals surface area contributed by atoms with Crippen LogP contribution in [0.15, 0.2) is 0 Å². The molecule has 0 aromatic heterocycles. The minimum absolute atomic E-state index is 0.182. The van der Waals surface area contributed by atoms with Crippen molar-refractivity contribution in [2.45, 2.75) is 96.4 Å². The first-order valence-electron chi connectivity index (χ1n) is 10.5. The van der Waals surface area contributed by atoms with Gasteiger partial charge in [0.05, 0.1) is 6.61 Å². The van der Waals surface area contributed by atoms with Gasteiger partial charge in [0.15, 0.2) is 0 Å². The number of carbonyl (C=O) groups excluding carboxylic acids is 2. The molecule has 0 heterocycles. The second-order valence-electron chi connectivity index (χ2n) is 7.00. The average Bonchev–Trinajstić information content (AvgIpc) is 2.62. The highest BCUT2D eigenvalue weighted by atomic mass is 16.5. The molecule has 154 valence electrons. The zero-order valence-corrected chi connectivity index (χ0v) is 16.8. The smallest absolute Gasteiger partial charge is 0.323 e. The quantitative estimate of drug-likeness (QED) is 0.239. The van der Waals surface area contributed by atoms with Crippen LogP contribution in [0.2, 0.25) is 0 Å². The summed E-state index contributed by atoms with van der Waals surface area (Å²) in [5, 5.41) is 3.21. The standard InChI is InChI=1S/C20H41N3O3/c1-2-3-4-5-6-7-8-9-10-11-16-23-18(13-14-19(22)24)20(25)26-17-12-15-21/h18,23H,2-17,21H2,1H3,(H2,22,24)/t18-/m0/s1. The molecule has 0 aliphatic heterocycles. The number of hydrogen-bond acceptors (Lipinski definition) is 5. The van der Waals surface area contributed by atoms with Crippen LogP contribution in [0.3, 0.4) is 0 Å². The Morgan fingerprint density at radius 2 is 1.50 bits per heavy atom. The van der Waals surface area contributed by atoms with E-state index in [1.54, 1.807) is 0 Å². The van der Waals surface area contributed by atoms with Crippen molar-refractivity contribution < 1.29 is 14.3 Å². The molecule has 0 aliphatic carbocycles. The Balaban J connectivity index is 3.77. The van der Waals surface area contributed by atoms with Gasteiger partial charge in [-0.3, -0.25) is 9.59 Å². The van der Waals surface area contributed by atoms with E-state index >= 15 is 0 Å². The van der Waals surface area contributed by atoms with Gasteiger partial charge in [0, 0.05) is 6.42 Å². The van der Waals surface area contributed by atoms with E-state index in [0.717, 1.165) is 19.4 Å². The second kappa shape index (κ2) is 18.6. The van der Waals surface area contributed by atoms with Crippen LogP contribution in [0.5, 0.6) is 0 Å². The van der Waals surface area contributed by atoms with Gasteiger partial charge in [-0.2, -0.15) is 0 Å². The first-order valence-corrected chi connectivity index (χ1v) is 10.5. The monoisotopic (exact) mass is 371 g/mol. The van der Waals surface area contributed by atoms with Crippen LogP contribution in [-0.4, -0.2) is 37.6 Å². The number of nitrogens with one attached hydrogen (secondary N) is 1. The van der Waals surface area contributed by atoms with Crippen molar-refractivity contribution in [1.82, 2.24) is 5.32 Å². The van der Waals surface area contributed by atoms with Crippen LogP contribution in [0.4, 0.5) is 0 Å². The predicted molar refractivity (Wildman–Crippen MR) is 107 cm³/mol. The van der Waals surface area contributed by atoms with E-state index in [2.05, 4.69) is 12.2 Å². The predicted octanol–water partition coefficient (Wildman–Crippen LogP) is 3.02. The lowest BCUT2D eigenvalue weighted by Gasteiger charge is -2.17. The summed E-state index contributed by atoms with van der Waals surface area (Å²) in [6, 6.07) is -0.459. The topological polar surface area (TPSA) is 107 Å². The molecule has 1 amide bonds. The SMILES string of the molecule is CCCCCCCCCCCCN[C@@H](CCC(N)=O)C(=O)OCCCN. The Labute approximate surface area is 159 Å². The van der Waals surface area contributed by atoms with E-state index in [1.807, 2.05) is 0 Å². The van der Waals surface area contributed by atoms with Crippen molar-refractivity contribution in [2.75, 3.05) is 19.7 Å². The van der Waals surface area contributed by atoms with Gasteiger partial charge in [-0.05, 0) is 32.4 Å². The van der Waals surface area contributed by atoms with Crippen LogP contribution in [0.1, 0.15) is 90.4 Å². The summed E-state index contributed by atoms with van der Waals surface area (Å²) in [7, 11) is 0. The number of primary amides is 1. The fourth-order valence-corrected chi connectivity index (χ4v) is 2.84. The zero-order chi connectivity index (χ0) is 19.5. The summed E-state index contributed by atoms with van der Waals surface area (Å²) < 4.78 is 5.19. The molecule has 0 saturated heterocycles. The summed E-state index contributed by atoms with van der Waals surface area (Å²) in [6.45, 7) is 3.81. The van der Waals surface area contributed by atoms with E-state index in [0.29, 0.717) is 26.0 Å². The lowest BCUT2D eigenvalue weighted by molar-refractivity contribution is -0.146. The summed E-state index contributed by atoms with van der Waals surface area (Å²) in [5.74, 6) is -0.711. The van der Waals surface area contributed by atoms with Crippen LogP contribution >= 0.6 is 0 Å². The van der Waals surface area contributed by atoms with Crippen LogP contribution in [-0.2, 0) is 14.3 Å². The van der Waals surface area contributed by atoms with E-state index in [4.69, 9.17) is 16.2 Å². The van der Waals surface area contributed by atoms with Gasteiger partial charge >= 0.3 is 5.97 Å². The molecule has 0 aliphatic rings. The van der Waals surface area contributed by atoms with Crippen molar-refractivity contribution in [3.8, 4) is 0 Å². The molecule has 0 saturated carbocycles. The van der Waals surface area contributed by atoms with E-state index in [9.17, 15) is 9.59 Å². The van der Waals surface area contributed by atoms with Gasteiger partial charge in [-0.1, -0.05) is 64.7 Å². The van der Waals surface area contributed by atoms with Crippen molar-refractivity contribution in [2.24, 2.45) is 11.5 Å². The molecular formula is C20H41N3O3. The Morgan fingerprint density at radius 1 is 0.923 bits per heavy atom. The van der Waals surface area contributed by atoms with Gasteiger partial charge in [0.1, 0.15) is 6.04 Å². The second-order valence-corrected chi connectivity index (χ2v) is 7.00. The maximum Gasteiger partial charge on any atom is 0.323 e. The normalized spacial score (nSPS) is 12.1. The van der Waals surface area contributed by atoms with Crippen molar-refractivity contribution in [1.29, 1.82) is 0 Å². The third kappa shape index (κ3) is 16.3. The highest BCUT2D eigenvalue weighted by molar-refractivity contribution is 5.78. The van der Waals surface area contributed by atoms with Gasteiger partial charge in [0.2, 0.25) is 5.91 Å². The van der Waals surface area contributed by atoms with Gasteiger partial charge < -0.3 is 21.5 Å². The van der Waals surface area contributed by atoms with Gasteiger partial charge in [-0.25, -0.2) is 0 Å². The number of nitrogens with two attached hydrogens (primary N) is 2. The molecule has 1 atom stereocenters. The summed E-state index contributed by atoms with van der Waals surface area (Å²) in [5.41, 5.74) is 10.6. The molecule has 0 bridgehead atoms. The van der Waals surface area contributed by atoms with Crippen LogP contribution < -0.4 is 16.8 Å². The lowest BCUT2D eigenvalue weighted by atomic mass is 10.1. The number of ether oxygens (including phenoxy) is 1. The molecule has 6 heteroatoms. The molecule has 5 N–H and O–H groups in total. The average molecular weight is 372 g/mol. The molecule has 0 aromatic carbocycles. The van der Waals surface area contributed by atoms with Gasteiger partial charge in [0.25, 0.3) is 0 Å². The van der Waals surface area contributed by atoms with Crippen molar-refractivity contribution >= 4 is 11.9 Å². The maximum absolute atomic E-state index is 12.1. The first kappa shape index (κ1) is 24.9. The Bertz CT molecular complexity index is 351. The third-order valence-electron chi connectivity index (χ3n) is 4.48. The van der Waals surface area contributed by atoms with E-state index in [1.165, 1.54) is 51.4 Å². The molecule has 0 radical (unpaired) electrons. The summed E-state index contributed by atoms with van der Waals surface area (Å²) in [6.07, 6.45) is 14.0. The molecule has 0 unspecified atom stereocenters. The number of amides is 1. The Kier molecular flexibility index (Phi) is 17.8. The van der Waals surface area contributed by atoms with Crippen LogP contribution in [0.25, 0.3) is 0 Å². The number of carbonyl (C=O) groups is 2. The van der Waals surface area contributed by atoms with Crippen molar-refractivity contribution in [3.63, 3.8) is 0 Å². The molecular weight excluding hydrogens is 330 g/mol. The number of esters is 1. The fraction of sp³-hybridized carbons (Fsp3) is 0.900. The number of unbranched alkanes of at least 4 members (excludes halogenated alkanes) is 9. The summed E-state index contributed by atoms with van der Waals surface area (Å²) in [4.78, 5) is 23.0. The highest BCUT2D eigenvalue weighted by Gasteiger charge is 2.19. The van der Waals surface area contributed by atoms with Gasteiger partial charge in [-0.15, -0.1) is 0 Å². The molecule has 0 aromatic rings. The summed E-state index contributed by atoms with van der Waals surface area (Å²) >= 11 is 0. The maximum atomic E-state index is 12.1. The van der Waals surface area contributed by atoms with E-state index in [-0.39, 0.29) is 12.4 Å². The molecule has 0 spiro atoms. The zero-order valence-electron chi connectivity index (χ0n) is 16.8. The van der Waals surface area contributed by atoms with E-state index < -0.39 is 11.9 Å². The number of hydrogen-bond donors (Lipinski definition) is 3. The molecule has 26 heavy (non-hydrogen) atoms. The fourth-order valence-electron chi connectivity index (χ4n) is 2.84. The largest absolute Gasteiger partial charge is 0.464 e. The Morgan fingerprint density at radius 3 is 2.04 bits per heavy atom. The Hall–Kier alpha value is -1.14. The number of rotatable bonds is 19. The molecule has 0 fully saturated rings. The highest BCUT2D eigenvalue weighted by Crippen LogP contribution is 2.10. The first-order chi connectivity index (χ1) is 12.6. The van der Waals surface area contributed by atoms with Crippen LogP contribution in [0, 0.1) is 0 Å². The van der Waals surface area contributed by atoms with Crippen molar-refractivity contribution in [3.05, 3.63) is 0 Å². The lowest BCUT2D eigenvalue weighted by Crippen LogP contribution is -2.39. The minimum atomic E-state index is -0.459. The molecule has 6 nitrogen and oxygen atoms in total. The minimum Gasteiger partial charge on any atom is -0.464 e.